The van der Waals surface area contributed by atoms with Crippen molar-refractivity contribution in [2.24, 2.45) is 0 Å². The maximum absolute atomic E-state index is 12.9. The minimum absolute atomic E-state index is 0.0309. The molecule has 0 aliphatic rings. The molecule has 9 heteroatoms. The average Bonchev–Trinajstić information content (AvgIpc) is 2.84. The molecule has 114 valence electrons. The number of hydrogen-bond donors (Lipinski definition) is 0. The zero-order chi connectivity index (χ0) is 15.9. The van der Waals surface area contributed by atoms with Crippen molar-refractivity contribution in [1.29, 1.82) is 0 Å². The highest BCUT2D eigenvalue weighted by atomic mass is 35.5. The third-order valence-electron chi connectivity index (χ3n) is 2.94. The number of nitrogens with zero attached hydrogens (tertiary/aromatic N) is 4. The number of imidazole rings is 1. The Morgan fingerprint density at radius 2 is 1.77 bits per heavy atom. The van der Waals surface area contributed by atoms with E-state index in [1.807, 2.05) is 0 Å². The second kappa shape index (κ2) is 5.20. The van der Waals surface area contributed by atoms with Crippen LogP contribution in [0, 0.1) is 5.82 Å². The van der Waals surface area contributed by atoms with Gasteiger partial charge >= 0.3 is 6.18 Å². The molecule has 22 heavy (non-hydrogen) atoms. The van der Waals surface area contributed by atoms with Gasteiger partial charge in [-0.25, -0.2) is 19.3 Å². The van der Waals surface area contributed by atoms with Crippen LogP contribution in [0.5, 0.6) is 0 Å². The van der Waals surface area contributed by atoms with Crippen molar-refractivity contribution >= 4 is 22.8 Å². The third kappa shape index (κ3) is 2.74. The van der Waals surface area contributed by atoms with Gasteiger partial charge in [0.1, 0.15) is 11.3 Å². The quantitative estimate of drug-likeness (QED) is 0.532. The molecule has 3 rings (SSSR count). The lowest BCUT2D eigenvalue weighted by Crippen LogP contribution is -2.12. The van der Waals surface area contributed by atoms with Crippen molar-refractivity contribution in [2.45, 2.75) is 12.7 Å². The minimum Gasteiger partial charge on any atom is -0.311 e. The van der Waals surface area contributed by atoms with Crippen LogP contribution in [-0.4, -0.2) is 19.5 Å². The summed E-state index contributed by atoms with van der Waals surface area (Å²) in [7, 11) is 0. The van der Waals surface area contributed by atoms with Gasteiger partial charge in [0.15, 0.2) is 10.8 Å². The summed E-state index contributed by atoms with van der Waals surface area (Å²) in [5.74, 6) is -1.73. The van der Waals surface area contributed by atoms with Gasteiger partial charge in [0, 0.05) is 0 Å². The van der Waals surface area contributed by atoms with E-state index in [0.717, 1.165) is 0 Å². The predicted molar refractivity (Wildman–Crippen MR) is 70.8 cm³/mol. The Balaban J connectivity index is 2.06. The van der Waals surface area contributed by atoms with Crippen LogP contribution in [-0.2, 0) is 12.7 Å². The normalized spacial score (nSPS) is 12.0. The summed E-state index contributed by atoms with van der Waals surface area (Å²) in [4.78, 5) is 10.6. The second-order valence-electron chi connectivity index (χ2n) is 4.51. The maximum atomic E-state index is 12.9. The Morgan fingerprint density at radius 3 is 2.41 bits per heavy atom. The molecule has 2 aromatic heterocycles. The summed E-state index contributed by atoms with van der Waals surface area (Å²) < 4.78 is 52.5. The van der Waals surface area contributed by atoms with Gasteiger partial charge in [-0.3, -0.25) is 0 Å². The fourth-order valence-electron chi connectivity index (χ4n) is 1.94. The first-order valence-electron chi connectivity index (χ1n) is 6.04. The van der Waals surface area contributed by atoms with Gasteiger partial charge in [-0.05, 0) is 17.7 Å². The van der Waals surface area contributed by atoms with E-state index in [1.165, 1.54) is 35.2 Å². The molecule has 4 nitrogen and oxygen atoms in total. The van der Waals surface area contributed by atoms with Gasteiger partial charge in [-0.1, -0.05) is 23.7 Å². The van der Waals surface area contributed by atoms with Crippen molar-refractivity contribution in [3.8, 4) is 0 Å². The standard InChI is InChI=1S/C13H7ClF4N4/c14-10-9-11(21-12(20-10)13(16,17)18)22(6-19-9)5-7-1-3-8(15)4-2-7/h1-4,6H,5H2. The smallest absolute Gasteiger partial charge is 0.311 e. The van der Waals surface area contributed by atoms with Crippen LogP contribution in [0.1, 0.15) is 11.4 Å². The van der Waals surface area contributed by atoms with Crippen molar-refractivity contribution in [3.05, 3.63) is 53.0 Å². The summed E-state index contributed by atoms with van der Waals surface area (Å²) >= 11 is 5.73. The summed E-state index contributed by atoms with van der Waals surface area (Å²) in [6.07, 6.45) is -3.39. The molecule has 0 saturated carbocycles. The van der Waals surface area contributed by atoms with Crippen molar-refractivity contribution in [1.82, 2.24) is 19.5 Å². The van der Waals surface area contributed by atoms with E-state index in [4.69, 9.17) is 11.6 Å². The lowest BCUT2D eigenvalue weighted by molar-refractivity contribution is -0.144. The van der Waals surface area contributed by atoms with Gasteiger partial charge < -0.3 is 4.57 Å². The molecule has 0 aliphatic carbocycles. The highest BCUT2D eigenvalue weighted by Gasteiger charge is 2.36. The van der Waals surface area contributed by atoms with Gasteiger partial charge in [-0.2, -0.15) is 13.2 Å². The Labute approximate surface area is 126 Å². The molecule has 0 fully saturated rings. The predicted octanol–water partition coefficient (Wildman–Crippen LogP) is 3.69. The van der Waals surface area contributed by atoms with Crippen LogP contribution >= 0.6 is 11.6 Å². The zero-order valence-electron chi connectivity index (χ0n) is 10.8. The number of aromatic nitrogens is 4. The summed E-state index contributed by atoms with van der Waals surface area (Å²) in [6.45, 7) is 0.182. The molecule has 0 amide bonds. The highest BCUT2D eigenvalue weighted by Crippen LogP contribution is 2.29. The molecular formula is C13H7ClF4N4. The fraction of sp³-hybridized carbons (Fsp3) is 0.154. The van der Waals surface area contributed by atoms with E-state index in [-0.39, 0.29) is 22.9 Å². The van der Waals surface area contributed by atoms with E-state index in [9.17, 15) is 17.6 Å². The van der Waals surface area contributed by atoms with Crippen molar-refractivity contribution in [2.75, 3.05) is 0 Å². The van der Waals surface area contributed by atoms with Crippen LogP contribution in [0.3, 0.4) is 0 Å². The summed E-state index contributed by atoms with van der Waals surface area (Å²) in [5, 5.41) is -0.366. The fourth-order valence-corrected chi connectivity index (χ4v) is 2.15. The number of rotatable bonds is 2. The van der Waals surface area contributed by atoms with E-state index >= 15 is 0 Å². The van der Waals surface area contributed by atoms with E-state index < -0.39 is 17.8 Å². The molecule has 0 spiro atoms. The third-order valence-corrected chi connectivity index (χ3v) is 3.20. The van der Waals surface area contributed by atoms with Gasteiger partial charge in [0.25, 0.3) is 0 Å². The Hall–Kier alpha value is -2.22. The molecule has 0 unspecified atom stereocenters. The Bertz CT molecular complexity index is 826. The van der Waals surface area contributed by atoms with Gasteiger partial charge in [-0.15, -0.1) is 0 Å². The Morgan fingerprint density at radius 1 is 1.09 bits per heavy atom. The topological polar surface area (TPSA) is 43.6 Å². The first kappa shape index (κ1) is 14.7. The molecule has 3 aromatic rings. The molecule has 0 saturated heterocycles. The second-order valence-corrected chi connectivity index (χ2v) is 4.86. The Kier molecular flexibility index (Phi) is 3.48. The van der Waals surface area contributed by atoms with E-state index in [2.05, 4.69) is 15.0 Å². The van der Waals surface area contributed by atoms with Crippen molar-refractivity contribution in [3.63, 3.8) is 0 Å². The van der Waals surface area contributed by atoms with Crippen molar-refractivity contribution < 1.29 is 17.6 Å². The highest BCUT2D eigenvalue weighted by molar-refractivity contribution is 6.33. The molecule has 0 bridgehead atoms. The SMILES string of the molecule is Fc1ccc(Cn2cnc3c(Cl)nc(C(F)(F)F)nc32)cc1. The number of alkyl halides is 3. The molecular weight excluding hydrogens is 324 g/mol. The number of benzene rings is 1. The molecule has 0 radical (unpaired) electrons. The monoisotopic (exact) mass is 330 g/mol. The molecule has 1 aromatic carbocycles. The van der Waals surface area contributed by atoms with Crippen LogP contribution < -0.4 is 0 Å². The number of fused-ring (bicyclic) bond motifs is 1. The average molecular weight is 331 g/mol. The molecule has 0 atom stereocenters. The minimum atomic E-state index is -4.71. The first-order chi connectivity index (χ1) is 10.3. The first-order valence-corrected chi connectivity index (χ1v) is 6.42. The molecule has 2 heterocycles. The van der Waals surface area contributed by atoms with Crippen LogP contribution in [0.4, 0.5) is 17.6 Å². The summed E-state index contributed by atoms with van der Waals surface area (Å²) in [5.41, 5.74) is 0.734. The number of hydrogen-bond acceptors (Lipinski definition) is 3. The van der Waals surface area contributed by atoms with E-state index in [1.54, 1.807) is 0 Å². The molecule has 0 N–H and O–H groups in total. The molecule has 0 aliphatic heterocycles. The van der Waals surface area contributed by atoms with Crippen LogP contribution in [0.15, 0.2) is 30.6 Å². The van der Waals surface area contributed by atoms with E-state index in [0.29, 0.717) is 5.56 Å². The van der Waals surface area contributed by atoms with Gasteiger partial charge in [0.2, 0.25) is 5.82 Å². The summed E-state index contributed by atoms with van der Waals surface area (Å²) in [6, 6.07) is 5.57. The lowest BCUT2D eigenvalue weighted by atomic mass is 10.2. The van der Waals surface area contributed by atoms with Crippen LogP contribution in [0.2, 0.25) is 5.15 Å². The van der Waals surface area contributed by atoms with Crippen LogP contribution in [0.25, 0.3) is 11.2 Å². The maximum Gasteiger partial charge on any atom is 0.451 e. The largest absolute Gasteiger partial charge is 0.451 e. The lowest BCUT2D eigenvalue weighted by Gasteiger charge is -2.07. The van der Waals surface area contributed by atoms with Gasteiger partial charge in [0.05, 0.1) is 12.9 Å². The zero-order valence-corrected chi connectivity index (χ0v) is 11.5. The number of halogens is 5.